The Balaban J connectivity index is 1.60. The second-order valence-electron chi connectivity index (χ2n) is 7.37. The van der Waals surface area contributed by atoms with Gasteiger partial charge in [0.2, 0.25) is 0 Å². The molecule has 1 aliphatic rings. The van der Waals surface area contributed by atoms with Crippen molar-refractivity contribution in [1.82, 2.24) is 14.9 Å². The van der Waals surface area contributed by atoms with E-state index >= 15 is 0 Å². The first-order chi connectivity index (χ1) is 14.0. The van der Waals surface area contributed by atoms with Crippen LogP contribution in [0.15, 0.2) is 55.0 Å². The predicted octanol–water partition coefficient (Wildman–Crippen LogP) is 4.37. The van der Waals surface area contributed by atoms with E-state index in [4.69, 9.17) is 11.6 Å². The second kappa shape index (κ2) is 8.31. The maximum atomic E-state index is 12.7. The van der Waals surface area contributed by atoms with Crippen LogP contribution < -0.4 is 0 Å². The van der Waals surface area contributed by atoms with Crippen LogP contribution in [0.2, 0.25) is 5.02 Å². The SMILES string of the molecule is Cc1cc(-c2cncc(-c3ccc(C(=O)N4CCC(O)CC4)cc3Cl)c2)ccn1. The summed E-state index contributed by atoms with van der Waals surface area (Å²) in [7, 11) is 0. The van der Waals surface area contributed by atoms with Crippen molar-refractivity contribution in [3.8, 4) is 22.3 Å². The third-order valence-corrected chi connectivity index (χ3v) is 5.56. The van der Waals surface area contributed by atoms with Crippen LogP contribution >= 0.6 is 11.6 Å². The minimum absolute atomic E-state index is 0.0514. The molecule has 5 nitrogen and oxygen atoms in total. The number of likely N-dealkylation sites (tertiary alicyclic amines) is 1. The lowest BCUT2D eigenvalue weighted by molar-refractivity contribution is 0.0546. The summed E-state index contributed by atoms with van der Waals surface area (Å²) in [6.45, 7) is 3.09. The molecule has 4 rings (SSSR count). The van der Waals surface area contributed by atoms with Crippen LogP contribution in [0.25, 0.3) is 22.3 Å². The lowest BCUT2D eigenvalue weighted by Crippen LogP contribution is -2.40. The van der Waals surface area contributed by atoms with Gasteiger partial charge in [-0.2, -0.15) is 0 Å². The summed E-state index contributed by atoms with van der Waals surface area (Å²) in [5, 5.41) is 10.1. The van der Waals surface area contributed by atoms with Gasteiger partial charge in [-0.1, -0.05) is 17.7 Å². The topological polar surface area (TPSA) is 66.3 Å². The van der Waals surface area contributed by atoms with Crippen LogP contribution in [0.5, 0.6) is 0 Å². The maximum Gasteiger partial charge on any atom is 0.253 e. The Morgan fingerprint density at radius 1 is 1.07 bits per heavy atom. The molecule has 1 saturated heterocycles. The molecule has 0 bridgehead atoms. The van der Waals surface area contributed by atoms with Crippen LogP contribution in [-0.4, -0.2) is 45.1 Å². The number of pyridine rings is 2. The Labute approximate surface area is 175 Å². The molecule has 1 N–H and O–H groups in total. The van der Waals surface area contributed by atoms with Crippen LogP contribution in [0.4, 0.5) is 0 Å². The van der Waals surface area contributed by atoms with Gasteiger partial charge in [-0.05, 0) is 55.7 Å². The fourth-order valence-corrected chi connectivity index (χ4v) is 3.89. The first-order valence-corrected chi connectivity index (χ1v) is 10.0. The van der Waals surface area contributed by atoms with Crippen molar-refractivity contribution in [3.05, 3.63) is 71.3 Å². The highest BCUT2D eigenvalue weighted by Crippen LogP contribution is 2.31. The van der Waals surface area contributed by atoms with Crippen LogP contribution in [0, 0.1) is 6.92 Å². The molecule has 3 heterocycles. The number of nitrogens with zero attached hydrogens (tertiary/aromatic N) is 3. The van der Waals surface area contributed by atoms with E-state index in [1.165, 1.54) is 0 Å². The first kappa shape index (κ1) is 19.6. The average molecular weight is 408 g/mol. The van der Waals surface area contributed by atoms with Crippen LogP contribution in [0.1, 0.15) is 28.9 Å². The Hall–Kier alpha value is -2.76. The third-order valence-electron chi connectivity index (χ3n) is 5.25. The molecule has 1 fully saturated rings. The summed E-state index contributed by atoms with van der Waals surface area (Å²) >= 11 is 6.55. The largest absolute Gasteiger partial charge is 0.393 e. The van der Waals surface area contributed by atoms with Crippen molar-refractivity contribution < 1.29 is 9.90 Å². The molecular weight excluding hydrogens is 386 g/mol. The van der Waals surface area contributed by atoms with Gasteiger partial charge in [0, 0.05) is 64.7 Å². The fraction of sp³-hybridized carbons (Fsp3) is 0.261. The number of hydrogen-bond acceptors (Lipinski definition) is 4. The monoisotopic (exact) mass is 407 g/mol. The lowest BCUT2D eigenvalue weighted by atomic mass is 10.0. The molecule has 3 aromatic rings. The normalized spacial score (nSPS) is 14.8. The molecule has 1 aliphatic heterocycles. The molecule has 1 aromatic carbocycles. The minimum atomic E-state index is -0.311. The lowest BCUT2D eigenvalue weighted by Gasteiger charge is -2.29. The summed E-state index contributed by atoms with van der Waals surface area (Å²) in [6, 6.07) is 11.4. The zero-order valence-corrected chi connectivity index (χ0v) is 16.9. The van der Waals surface area contributed by atoms with Crippen molar-refractivity contribution in [2.24, 2.45) is 0 Å². The van der Waals surface area contributed by atoms with E-state index < -0.39 is 0 Å². The molecular formula is C23H22ClN3O2. The minimum Gasteiger partial charge on any atom is -0.393 e. The van der Waals surface area contributed by atoms with Gasteiger partial charge in [-0.25, -0.2) is 0 Å². The van der Waals surface area contributed by atoms with E-state index in [2.05, 4.69) is 9.97 Å². The number of hydrogen-bond donors (Lipinski definition) is 1. The highest BCUT2D eigenvalue weighted by atomic mass is 35.5. The maximum absolute atomic E-state index is 12.7. The van der Waals surface area contributed by atoms with Crippen LogP contribution in [-0.2, 0) is 0 Å². The predicted molar refractivity (Wildman–Crippen MR) is 114 cm³/mol. The van der Waals surface area contributed by atoms with Gasteiger partial charge in [0.25, 0.3) is 5.91 Å². The number of aryl methyl sites for hydroxylation is 1. The molecule has 1 amide bonds. The molecule has 2 aromatic heterocycles. The Morgan fingerprint density at radius 2 is 1.83 bits per heavy atom. The van der Waals surface area contributed by atoms with E-state index in [-0.39, 0.29) is 12.0 Å². The standard InChI is InChI=1S/C23H22ClN3O2/c1-15-10-16(4-7-26-15)18-11-19(14-25-13-18)21-3-2-17(12-22(21)24)23(29)27-8-5-20(28)6-9-27/h2-4,7,10-14,20,28H,5-6,8-9H2,1H3. The van der Waals surface area contributed by atoms with Crippen molar-refractivity contribution in [3.63, 3.8) is 0 Å². The molecule has 0 aliphatic carbocycles. The van der Waals surface area contributed by atoms with Gasteiger partial charge in [-0.15, -0.1) is 0 Å². The number of aliphatic hydroxyl groups is 1. The number of benzene rings is 1. The summed E-state index contributed by atoms with van der Waals surface area (Å²) in [5.74, 6) is -0.0514. The Kier molecular flexibility index (Phi) is 5.60. The number of carbonyl (C=O) groups excluding carboxylic acids is 1. The van der Waals surface area contributed by atoms with Crippen molar-refractivity contribution in [2.75, 3.05) is 13.1 Å². The summed E-state index contributed by atoms with van der Waals surface area (Å²) < 4.78 is 0. The highest BCUT2D eigenvalue weighted by molar-refractivity contribution is 6.33. The summed E-state index contributed by atoms with van der Waals surface area (Å²) in [5.41, 5.74) is 5.25. The Bertz CT molecular complexity index is 1050. The van der Waals surface area contributed by atoms with E-state index in [0.29, 0.717) is 36.5 Å². The van der Waals surface area contributed by atoms with E-state index in [1.807, 2.05) is 37.4 Å². The van der Waals surface area contributed by atoms with Gasteiger partial charge in [0.1, 0.15) is 0 Å². The zero-order chi connectivity index (χ0) is 20.4. The van der Waals surface area contributed by atoms with Gasteiger partial charge in [0.15, 0.2) is 0 Å². The molecule has 6 heteroatoms. The Morgan fingerprint density at radius 3 is 2.55 bits per heavy atom. The quantitative estimate of drug-likeness (QED) is 0.700. The first-order valence-electron chi connectivity index (χ1n) is 9.66. The molecule has 0 atom stereocenters. The van der Waals surface area contributed by atoms with Gasteiger partial charge >= 0.3 is 0 Å². The molecule has 29 heavy (non-hydrogen) atoms. The number of aromatic nitrogens is 2. The van der Waals surface area contributed by atoms with Crippen LogP contribution in [0.3, 0.4) is 0 Å². The second-order valence-corrected chi connectivity index (χ2v) is 7.77. The number of piperidine rings is 1. The molecule has 148 valence electrons. The molecule has 0 saturated carbocycles. The van der Waals surface area contributed by atoms with E-state index in [1.54, 1.807) is 29.4 Å². The average Bonchev–Trinajstić information content (AvgIpc) is 2.74. The summed E-state index contributed by atoms with van der Waals surface area (Å²) in [6.07, 6.45) is 6.29. The van der Waals surface area contributed by atoms with Crippen molar-refractivity contribution >= 4 is 17.5 Å². The number of carbonyl (C=O) groups is 1. The highest BCUT2D eigenvalue weighted by Gasteiger charge is 2.23. The third kappa shape index (κ3) is 4.31. The van der Waals surface area contributed by atoms with Gasteiger partial charge < -0.3 is 10.0 Å². The number of amides is 1. The van der Waals surface area contributed by atoms with Gasteiger partial charge in [-0.3, -0.25) is 14.8 Å². The van der Waals surface area contributed by atoms with Gasteiger partial charge in [0.05, 0.1) is 6.10 Å². The van der Waals surface area contributed by atoms with Crippen molar-refractivity contribution in [1.29, 1.82) is 0 Å². The van der Waals surface area contributed by atoms with E-state index in [0.717, 1.165) is 27.9 Å². The fourth-order valence-electron chi connectivity index (χ4n) is 3.60. The zero-order valence-electron chi connectivity index (χ0n) is 16.2. The number of halogens is 1. The van der Waals surface area contributed by atoms with E-state index in [9.17, 15) is 9.90 Å². The number of rotatable bonds is 3. The molecule has 0 radical (unpaired) electrons. The molecule has 0 spiro atoms. The smallest absolute Gasteiger partial charge is 0.253 e. The van der Waals surface area contributed by atoms with Crippen molar-refractivity contribution in [2.45, 2.75) is 25.9 Å². The number of aliphatic hydroxyl groups excluding tert-OH is 1. The summed E-state index contributed by atoms with van der Waals surface area (Å²) in [4.78, 5) is 23.1. The molecule has 0 unspecified atom stereocenters.